The van der Waals surface area contributed by atoms with Crippen molar-refractivity contribution in [3.63, 3.8) is 0 Å². The third kappa shape index (κ3) is 3.15. The zero-order valence-corrected chi connectivity index (χ0v) is 25.0. The number of fused-ring (bicyclic) bond motifs is 2. The summed E-state index contributed by atoms with van der Waals surface area (Å²) in [6.45, 7) is 21.3. The third-order valence-electron chi connectivity index (χ3n) is 14.4. The minimum Gasteiger partial charge on any atom is -0.393 e. The van der Waals surface area contributed by atoms with Crippen molar-refractivity contribution in [2.24, 2.45) is 50.7 Å². The van der Waals surface area contributed by atoms with Crippen LogP contribution in [0.25, 0.3) is 0 Å². The Labute approximate surface area is 221 Å². The summed E-state index contributed by atoms with van der Waals surface area (Å²) in [7, 11) is 0. The van der Waals surface area contributed by atoms with Crippen molar-refractivity contribution >= 4 is 0 Å². The van der Waals surface area contributed by atoms with E-state index in [1.54, 1.807) is 0 Å². The second kappa shape index (κ2) is 7.54. The first-order valence-electron chi connectivity index (χ1n) is 15.6. The van der Waals surface area contributed by atoms with Gasteiger partial charge >= 0.3 is 0 Å². The van der Waals surface area contributed by atoms with Gasteiger partial charge in [0.15, 0.2) is 5.79 Å². The van der Waals surface area contributed by atoms with Gasteiger partial charge < -0.3 is 14.6 Å². The Morgan fingerprint density at radius 1 is 0.778 bits per heavy atom. The highest BCUT2D eigenvalue weighted by Crippen LogP contribution is 2.89. The molecule has 6 fully saturated rings. The molecule has 6 rings (SSSR count). The number of ether oxygens (including phenoxy) is 2. The SMILES string of the molecule is C[C@H](CC[C@@H]1OC(C)(C)OC1(C)C)[C@H]1CC[C@@]2(C)[C@@H]3CC[C@H]4C(C)(C)[C@@H](O)CC[C@@]45C[C@@]35CC[C@]12C. The third-order valence-corrected chi connectivity index (χ3v) is 14.4. The first-order valence-corrected chi connectivity index (χ1v) is 15.6. The molecule has 1 saturated heterocycles. The number of aliphatic hydroxyl groups is 1. The molecule has 0 bridgehead atoms. The molecule has 0 unspecified atom stereocenters. The zero-order valence-electron chi connectivity index (χ0n) is 25.0. The van der Waals surface area contributed by atoms with Crippen LogP contribution in [0.4, 0.5) is 0 Å². The van der Waals surface area contributed by atoms with Crippen molar-refractivity contribution in [2.45, 2.75) is 157 Å². The standard InChI is InChI=1S/C33H56O3/c1-21(10-13-26-28(4,5)36-29(6,7)35-26)22-14-16-31(9)24-12-11-23-27(2,3)25(34)15-17-32(23)20-33(24,32)19-18-30(22,31)8/h21-26,34H,10-20H2,1-9H3/t21-,22-,23+,24+,25+,26+,30-,31+,32-,33+/m1/s1. The van der Waals surface area contributed by atoms with E-state index in [9.17, 15) is 5.11 Å². The lowest BCUT2D eigenvalue weighted by Gasteiger charge is -2.63. The Bertz CT molecular complexity index is 907. The maximum atomic E-state index is 10.9. The van der Waals surface area contributed by atoms with Crippen LogP contribution >= 0.6 is 0 Å². The van der Waals surface area contributed by atoms with Crippen molar-refractivity contribution in [3.05, 3.63) is 0 Å². The van der Waals surface area contributed by atoms with Crippen molar-refractivity contribution in [1.29, 1.82) is 0 Å². The Hall–Kier alpha value is -0.120. The van der Waals surface area contributed by atoms with Gasteiger partial charge in [0.2, 0.25) is 0 Å². The minimum atomic E-state index is -0.463. The molecule has 5 aliphatic carbocycles. The molecule has 0 aromatic rings. The number of hydrogen-bond donors (Lipinski definition) is 1. The van der Waals surface area contributed by atoms with Gasteiger partial charge in [-0.2, -0.15) is 0 Å². The molecule has 3 heteroatoms. The van der Waals surface area contributed by atoms with E-state index in [0.717, 1.165) is 36.5 Å². The fraction of sp³-hybridized carbons (Fsp3) is 1.00. The summed E-state index contributed by atoms with van der Waals surface area (Å²) in [5.74, 6) is 2.73. The number of rotatable bonds is 4. The predicted molar refractivity (Wildman–Crippen MR) is 145 cm³/mol. The first kappa shape index (κ1) is 26.1. The molecule has 0 aromatic heterocycles. The molecule has 0 radical (unpaired) electrons. The van der Waals surface area contributed by atoms with Gasteiger partial charge in [-0.25, -0.2) is 0 Å². The van der Waals surface area contributed by atoms with Gasteiger partial charge in [0, 0.05) is 0 Å². The van der Waals surface area contributed by atoms with Crippen molar-refractivity contribution < 1.29 is 14.6 Å². The van der Waals surface area contributed by atoms with Crippen LogP contribution in [0, 0.1) is 50.7 Å². The van der Waals surface area contributed by atoms with Crippen LogP contribution in [-0.4, -0.2) is 28.7 Å². The number of aliphatic hydroxyl groups excluding tert-OH is 1. The molecular formula is C33H56O3. The molecule has 1 N–H and O–H groups in total. The molecule has 5 saturated carbocycles. The monoisotopic (exact) mass is 500 g/mol. The lowest BCUT2D eigenvalue weighted by atomic mass is 9.41. The molecule has 1 aliphatic heterocycles. The molecule has 0 amide bonds. The first-order chi connectivity index (χ1) is 16.5. The van der Waals surface area contributed by atoms with E-state index in [1.807, 2.05) is 0 Å². The Kier molecular flexibility index (Phi) is 5.47. The minimum absolute atomic E-state index is 0.0927. The summed E-state index contributed by atoms with van der Waals surface area (Å²) < 4.78 is 12.6. The lowest BCUT2D eigenvalue weighted by Crippen LogP contribution is -2.57. The summed E-state index contributed by atoms with van der Waals surface area (Å²) in [5, 5.41) is 10.9. The molecule has 36 heavy (non-hydrogen) atoms. The van der Waals surface area contributed by atoms with Gasteiger partial charge in [0.05, 0.1) is 17.8 Å². The Morgan fingerprint density at radius 2 is 1.44 bits per heavy atom. The summed E-state index contributed by atoms with van der Waals surface area (Å²) in [6, 6.07) is 0. The molecule has 2 spiro atoms. The average Bonchev–Trinajstić information content (AvgIpc) is 3.27. The van der Waals surface area contributed by atoms with E-state index in [-0.39, 0.29) is 23.2 Å². The van der Waals surface area contributed by atoms with Crippen LogP contribution in [0.3, 0.4) is 0 Å². The highest BCUT2D eigenvalue weighted by Gasteiger charge is 2.82. The van der Waals surface area contributed by atoms with E-state index in [1.165, 1.54) is 57.8 Å². The number of hydrogen-bond acceptors (Lipinski definition) is 3. The van der Waals surface area contributed by atoms with Crippen LogP contribution in [0.5, 0.6) is 0 Å². The average molecular weight is 501 g/mol. The van der Waals surface area contributed by atoms with Gasteiger partial charge in [0.25, 0.3) is 0 Å². The van der Waals surface area contributed by atoms with Crippen LogP contribution in [-0.2, 0) is 9.47 Å². The lowest BCUT2D eigenvalue weighted by molar-refractivity contribution is -0.162. The molecule has 6 aliphatic rings. The summed E-state index contributed by atoms with van der Waals surface area (Å²) in [4.78, 5) is 0. The molecule has 0 aromatic carbocycles. The van der Waals surface area contributed by atoms with Crippen LogP contribution in [0.1, 0.15) is 133 Å². The van der Waals surface area contributed by atoms with Crippen LogP contribution in [0.15, 0.2) is 0 Å². The van der Waals surface area contributed by atoms with Crippen molar-refractivity contribution in [2.75, 3.05) is 0 Å². The molecule has 3 nitrogen and oxygen atoms in total. The zero-order chi connectivity index (χ0) is 26.2. The fourth-order valence-electron chi connectivity index (χ4n) is 12.5. The summed E-state index contributed by atoms with van der Waals surface area (Å²) in [6.07, 6.45) is 14.7. The molecular weight excluding hydrogens is 444 g/mol. The smallest absolute Gasteiger partial charge is 0.164 e. The van der Waals surface area contributed by atoms with E-state index in [2.05, 4.69) is 62.3 Å². The van der Waals surface area contributed by atoms with E-state index in [0.29, 0.717) is 21.7 Å². The quantitative estimate of drug-likeness (QED) is 0.423. The fourth-order valence-corrected chi connectivity index (χ4v) is 12.5. The van der Waals surface area contributed by atoms with Gasteiger partial charge in [-0.15, -0.1) is 0 Å². The van der Waals surface area contributed by atoms with E-state index < -0.39 is 5.79 Å². The summed E-state index contributed by atoms with van der Waals surface area (Å²) in [5.41, 5.74) is 1.97. The van der Waals surface area contributed by atoms with Gasteiger partial charge in [-0.05, 0) is 149 Å². The second-order valence-corrected chi connectivity index (χ2v) is 16.8. The molecule has 10 atom stereocenters. The maximum Gasteiger partial charge on any atom is 0.164 e. The van der Waals surface area contributed by atoms with E-state index >= 15 is 0 Å². The van der Waals surface area contributed by atoms with Crippen LogP contribution < -0.4 is 0 Å². The van der Waals surface area contributed by atoms with Crippen LogP contribution in [0.2, 0.25) is 0 Å². The van der Waals surface area contributed by atoms with Gasteiger partial charge in [0.1, 0.15) is 0 Å². The van der Waals surface area contributed by atoms with Crippen molar-refractivity contribution in [1.82, 2.24) is 0 Å². The molecule has 1 heterocycles. The predicted octanol–water partition coefficient (Wildman–Crippen LogP) is 8.13. The summed E-state index contributed by atoms with van der Waals surface area (Å²) >= 11 is 0. The topological polar surface area (TPSA) is 38.7 Å². The Balaban J connectivity index is 1.20. The van der Waals surface area contributed by atoms with Crippen molar-refractivity contribution in [3.8, 4) is 0 Å². The molecule has 206 valence electrons. The highest BCUT2D eigenvalue weighted by atomic mass is 16.8. The van der Waals surface area contributed by atoms with E-state index in [4.69, 9.17) is 9.47 Å². The largest absolute Gasteiger partial charge is 0.393 e. The normalized spacial score (nSPS) is 54.7. The highest BCUT2D eigenvalue weighted by molar-refractivity contribution is 5.30. The maximum absolute atomic E-state index is 10.9. The van der Waals surface area contributed by atoms with Gasteiger partial charge in [-0.3, -0.25) is 0 Å². The second-order valence-electron chi connectivity index (χ2n) is 16.8. The Morgan fingerprint density at radius 3 is 2.11 bits per heavy atom. The van der Waals surface area contributed by atoms with Gasteiger partial charge in [-0.1, -0.05) is 34.6 Å².